The van der Waals surface area contributed by atoms with Crippen LogP contribution in [-0.4, -0.2) is 26.1 Å². The Morgan fingerprint density at radius 1 is 1.67 bits per heavy atom. The summed E-state index contributed by atoms with van der Waals surface area (Å²) in [5.74, 6) is -1.01. The number of aryl methyl sites for hydroxylation is 1. The molecule has 0 spiro atoms. The first-order valence-electron chi connectivity index (χ1n) is 3.78. The van der Waals surface area contributed by atoms with E-state index in [2.05, 4.69) is 10.3 Å². The molecule has 1 aromatic rings. The zero-order chi connectivity index (χ0) is 9.14. The molecule has 12 heavy (non-hydrogen) atoms. The first-order chi connectivity index (χ1) is 5.66. The number of rotatable bonds is 3. The van der Waals surface area contributed by atoms with Crippen molar-refractivity contribution in [2.24, 2.45) is 7.05 Å². The second-order valence-corrected chi connectivity index (χ2v) is 2.56. The molecule has 1 N–H and O–H groups in total. The molecular weight excluding hydrogens is 158 g/mol. The van der Waals surface area contributed by atoms with Crippen molar-refractivity contribution < 1.29 is 9.90 Å². The van der Waals surface area contributed by atoms with Gasteiger partial charge in [0.05, 0.1) is 5.69 Å². The van der Waals surface area contributed by atoms with Crippen LogP contribution in [0.3, 0.4) is 0 Å². The van der Waals surface area contributed by atoms with E-state index in [0.29, 0.717) is 12.1 Å². The Kier molecular flexibility index (Phi) is 2.42. The topological polar surface area (TPSA) is 68.0 Å². The zero-order valence-electron chi connectivity index (χ0n) is 7.11. The number of carbonyl (C=O) groups is 1. The molecule has 0 amide bonds. The molecule has 0 atom stereocenters. The molecule has 66 valence electrons. The molecule has 0 radical (unpaired) electrons. The Morgan fingerprint density at radius 2 is 2.33 bits per heavy atom. The summed E-state index contributed by atoms with van der Waals surface area (Å²) in [6.45, 7) is 1.98. The van der Waals surface area contributed by atoms with Crippen LogP contribution in [0.2, 0.25) is 0 Å². The van der Waals surface area contributed by atoms with Gasteiger partial charge in [0.1, 0.15) is 0 Å². The molecule has 5 heteroatoms. The quantitative estimate of drug-likeness (QED) is 0.714. The lowest BCUT2D eigenvalue weighted by molar-refractivity contribution is 0.0689. The van der Waals surface area contributed by atoms with Crippen molar-refractivity contribution in [1.82, 2.24) is 15.0 Å². The molecule has 1 rings (SSSR count). The van der Waals surface area contributed by atoms with E-state index in [1.165, 1.54) is 4.68 Å². The second kappa shape index (κ2) is 3.34. The van der Waals surface area contributed by atoms with Crippen LogP contribution in [0, 0.1) is 0 Å². The minimum absolute atomic E-state index is 0.0688. The van der Waals surface area contributed by atoms with Crippen LogP contribution in [0.5, 0.6) is 0 Å². The number of hydrogen-bond donors (Lipinski definition) is 1. The van der Waals surface area contributed by atoms with Crippen LogP contribution < -0.4 is 0 Å². The molecule has 0 unspecified atom stereocenters. The van der Waals surface area contributed by atoms with Crippen LogP contribution >= 0.6 is 0 Å². The smallest absolute Gasteiger partial charge is 0.358 e. The Bertz CT molecular complexity index is 293. The summed E-state index contributed by atoms with van der Waals surface area (Å²) in [6, 6.07) is 0. The third-order valence-electron chi connectivity index (χ3n) is 1.63. The van der Waals surface area contributed by atoms with Crippen molar-refractivity contribution >= 4 is 5.97 Å². The zero-order valence-corrected chi connectivity index (χ0v) is 7.11. The normalized spacial score (nSPS) is 10.2. The van der Waals surface area contributed by atoms with E-state index in [9.17, 15) is 4.79 Å². The molecule has 0 aromatic carbocycles. The minimum atomic E-state index is -1.01. The largest absolute Gasteiger partial charge is 0.476 e. The van der Waals surface area contributed by atoms with Gasteiger partial charge >= 0.3 is 5.97 Å². The molecule has 5 nitrogen and oxygen atoms in total. The van der Waals surface area contributed by atoms with Gasteiger partial charge in [0.2, 0.25) is 0 Å². The van der Waals surface area contributed by atoms with E-state index in [-0.39, 0.29) is 5.69 Å². The van der Waals surface area contributed by atoms with Crippen molar-refractivity contribution in [3.63, 3.8) is 0 Å². The molecule has 0 saturated carbocycles. The van der Waals surface area contributed by atoms with Crippen molar-refractivity contribution in [3.8, 4) is 0 Å². The van der Waals surface area contributed by atoms with E-state index < -0.39 is 5.97 Å². The van der Waals surface area contributed by atoms with Crippen LogP contribution in [0.1, 0.15) is 29.5 Å². The number of aromatic nitrogens is 3. The molecule has 0 aliphatic carbocycles. The molecule has 0 bridgehead atoms. The maximum Gasteiger partial charge on any atom is 0.358 e. The third kappa shape index (κ3) is 1.44. The van der Waals surface area contributed by atoms with Crippen LogP contribution in [0.4, 0.5) is 0 Å². The van der Waals surface area contributed by atoms with Crippen molar-refractivity contribution in [2.75, 3.05) is 0 Å². The van der Waals surface area contributed by atoms with E-state index in [1.54, 1.807) is 7.05 Å². The third-order valence-corrected chi connectivity index (χ3v) is 1.63. The van der Waals surface area contributed by atoms with Gasteiger partial charge in [-0.1, -0.05) is 18.6 Å². The van der Waals surface area contributed by atoms with Gasteiger partial charge in [-0.25, -0.2) is 4.79 Å². The lowest BCUT2D eigenvalue weighted by Crippen LogP contribution is -2.04. The van der Waals surface area contributed by atoms with Crippen LogP contribution in [-0.2, 0) is 13.5 Å². The van der Waals surface area contributed by atoms with Crippen molar-refractivity contribution in [2.45, 2.75) is 19.8 Å². The van der Waals surface area contributed by atoms with E-state index in [4.69, 9.17) is 5.11 Å². The van der Waals surface area contributed by atoms with Gasteiger partial charge < -0.3 is 5.11 Å². The Hall–Kier alpha value is -1.39. The van der Waals surface area contributed by atoms with E-state index >= 15 is 0 Å². The van der Waals surface area contributed by atoms with Crippen molar-refractivity contribution in [1.29, 1.82) is 0 Å². The van der Waals surface area contributed by atoms with Gasteiger partial charge in [-0.2, -0.15) is 0 Å². The van der Waals surface area contributed by atoms with Gasteiger partial charge in [0, 0.05) is 7.05 Å². The predicted octanol–water partition coefficient (Wildman–Crippen LogP) is 0.466. The lowest BCUT2D eigenvalue weighted by Gasteiger charge is -1.97. The van der Waals surface area contributed by atoms with Gasteiger partial charge in [0.25, 0.3) is 0 Å². The fourth-order valence-electron chi connectivity index (χ4n) is 1.06. The highest BCUT2D eigenvalue weighted by molar-refractivity contribution is 5.86. The number of nitrogens with zero attached hydrogens (tertiary/aromatic N) is 3. The highest BCUT2D eigenvalue weighted by atomic mass is 16.4. The van der Waals surface area contributed by atoms with E-state index in [0.717, 1.165) is 6.42 Å². The number of hydrogen-bond acceptors (Lipinski definition) is 3. The molecule has 0 saturated heterocycles. The molecule has 1 aromatic heterocycles. The first kappa shape index (κ1) is 8.70. The Balaban J connectivity index is 3.03. The lowest BCUT2D eigenvalue weighted by atomic mass is 10.2. The Labute approximate surface area is 70.0 Å². The SMILES string of the molecule is CCCc1c(C(=O)O)nnn1C. The van der Waals surface area contributed by atoms with Gasteiger partial charge in [-0.05, 0) is 6.42 Å². The summed E-state index contributed by atoms with van der Waals surface area (Å²) in [6.07, 6.45) is 1.59. The Morgan fingerprint density at radius 3 is 2.83 bits per heavy atom. The maximum absolute atomic E-state index is 10.6. The van der Waals surface area contributed by atoms with Crippen LogP contribution in [0.15, 0.2) is 0 Å². The van der Waals surface area contributed by atoms with Gasteiger partial charge in [-0.15, -0.1) is 5.10 Å². The van der Waals surface area contributed by atoms with E-state index in [1.807, 2.05) is 6.92 Å². The summed E-state index contributed by atoms with van der Waals surface area (Å²) >= 11 is 0. The monoisotopic (exact) mass is 169 g/mol. The molecule has 0 aliphatic heterocycles. The number of carboxylic acids is 1. The van der Waals surface area contributed by atoms with Gasteiger partial charge in [-0.3, -0.25) is 4.68 Å². The number of aromatic carboxylic acids is 1. The average molecular weight is 169 g/mol. The minimum Gasteiger partial charge on any atom is -0.476 e. The molecule has 0 fully saturated rings. The molecule has 0 aliphatic rings. The second-order valence-electron chi connectivity index (χ2n) is 2.56. The fraction of sp³-hybridized carbons (Fsp3) is 0.571. The first-order valence-corrected chi connectivity index (χ1v) is 3.78. The summed E-state index contributed by atoms with van der Waals surface area (Å²) in [7, 11) is 1.70. The van der Waals surface area contributed by atoms with Crippen LogP contribution in [0.25, 0.3) is 0 Å². The highest BCUT2D eigenvalue weighted by Gasteiger charge is 2.15. The summed E-state index contributed by atoms with van der Waals surface area (Å²) < 4.78 is 1.51. The predicted molar refractivity (Wildman–Crippen MR) is 42.0 cm³/mol. The average Bonchev–Trinajstić information content (AvgIpc) is 2.34. The summed E-state index contributed by atoms with van der Waals surface area (Å²) in [4.78, 5) is 10.6. The number of carboxylic acid groups (broad SMARTS) is 1. The fourth-order valence-corrected chi connectivity index (χ4v) is 1.06. The standard InChI is InChI=1S/C7H11N3O2/c1-3-4-5-6(7(11)12)8-9-10(5)2/h3-4H2,1-2H3,(H,11,12). The van der Waals surface area contributed by atoms with Gasteiger partial charge in [0.15, 0.2) is 5.69 Å². The molecular formula is C7H11N3O2. The molecule has 1 heterocycles. The van der Waals surface area contributed by atoms with Crippen molar-refractivity contribution in [3.05, 3.63) is 11.4 Å². The maximum atomic E-state index is 10.6. The summed E-state index contributed by atoms with van der Waals surface area (Å²) in [5, 5.41) is 15.9. The summed E-state index contributed by atoms with van der Waals surface area (Å²) in [5.41, 5.74) is 0.754. The highest BCUT2D eigenvalue weighted by Crippen LogP contribution is 2.06.